The van der Waals surface area contributed by atoms with Crippen LogP contribution in [-0.4, -0.2) is 19.2 Å². The third-order valence-electron chi connectivity index (χ3n) is 5.70. The lowest BCUT2D eigenvalue weighted by atomic mass is 9.78. The Morgan fingerprint density at radius 2 is 1.93 bits per heavy atom. The summed E-state index contributed by atoms with van der Waals surface area (Å²) in [7, 11) is 0. The topological polar surface area (TPSA) is 47.6 Å². The fourth-order valence-electron chi connectivity index (χ4n) is 4.33. The average molecular weight is 387 g/mol. The molecule has 1 aliphatic heterocycles. The molecule has 0 spiro atoms. The highest BCUT2D eigenvalue weighted by atomic mass is 19.1. The van der Waals surface area contributed by atoms with Gasteiger partial charge in [0, 0.05) is 12.1 Å². The Hall–Kier alpha value is -2.47. The quantitative estimate of drug-likeness (QED) is 0.844. The second-order valence-electron chi connectivity index (χ2n) is 7.47. The normalized spacial score (nSPS) is 17.6. The number of hydrogen-bond acceptors (Lipinski definition) is 3. The number of fused-ring (bicyclic) bond motifs is 1. The van der Waals surface area contributed by atoms with Gasteiger partial charge in [0.15, 0.2) is 6.79 Å². The van der Waals surface area contributed by atoms with Crippen molar-refractivity contribution in [1.82, 2.24) is 5.32 Å². The Labute approximate surface area is 162 Å². The van der Waals surface area contributed by atoms with Gasteiger partial charge in [-0.15, -0.1) is 0 Å². The van der Waals surface area contributed by atoms with E-state index in [0.29, 0.717) is 49.3 Å². The van der Waals surface area contributed by atoms with Gasteiger partial charge in [0.2, 0.25) is 5.91 Å². The number of carbonyl (C=O) groups excluding carboxylic acids is 1. The van der Waals surface area contributed by atoms with Crippen LogP contribution in [0.25, 0.3) is 0 Å². The Kier molecular flexibility index (Phi) is 5.31. The molecule has 28 heavy (non-hydrogen) atoms. The van der Waals surface area contributed by atoms with Gasteiger partial charge in [-0.2, -0.15) is 0 Å². The minimum absolute atomic E-state index is 0.0925. The lowest BCUT2D eigenvalue weighted by Crippen LogP contribution is -2.43. The molecule has 0 radical (unpaired) electrons. The van der Waals surface area contributed by atoms with Gasteiger partial charge in [0.25, 0.3) is 0 Å². The van der Waals surface area contributed by atoms with E-state index in [2.05, 4.69) is 5.32 Å². The van der Waals surface area contributed by atoms with E-state index in [1.807, 2.05) is 6.07 Å². The summed E-state index contributed by atoms with van der Waals surface area (Å²) in [6.07, 6.45) is 3.74. The van der Waals surface area contributed by atoms with Crippen LogP contribution in [0.2, 0.25) is 0 Å². The molecule has 0 bridgehead atoms. The molecule has 0 saturated heterocycles. The van der Waals surface area contributed by atoms with Crippen LogP contribution in [0.5, 0.6) is 5.75 Å². The molecule has 1 fully saturated rings. The monoisotopic (exact) mass is 387 g/mol. The van der Waals surface area contributed by atoms with Crippen LogP contribution in [0.15, 0.2) is 36.4 Å². The van der Waals surface area contributed by atoms with Gasteiger partial charge in [-0.25, -0.2) is 8.78 Å². The highest BCUT2D eigenvalue weighted by Crippen LogP contribution is 2.41. The molecule has 1 saturated carbocycles. The van der Waals surface area contributed by atoms with Crippen LogP contribution >= 0.6 is 0 Å². The third-order valence-corrected chi connectivity index (χ3v) is 5.70. The highest BCUT2D eigenvalue weighted by Gasteiger charge is 2.42. The van der Waals surface area contributed by atoms with E-state index in [0.717, 1.165) is 18.4 Å². The van der Waals surface area contributed by atoms with Crippen molar-refractivity contribution in [2.24, 2.45) is 0 Å². The van der Waals surface area contributed by atoms with E-state index in [9.17, 15) is 13.6 Å². The number of rotatable bonds is 5. The molecule has 6 heteroatoms. The van der Waals surface area contributed by atoms with Crippen LogP contribution in [0.3, 0.4) is 0 Å². The summed E-state index contributed by atoms with van der Waals surface area (Å²) in [4.78, 5) is 13.1. The number of ether oxygens (including phenoxy) is 2. The molecule has 0 unspecified atom stereocenters. The molecule has 4 nitrogen and oxygen atoms in total. The van der Waals surface area contributed by atoms with E-state index >= 15 is 0 Å². The van der Waals surface area contributed by atoms with Crippen LogP contribution in [0, 0.1) is 11.6 Å². The lowest BCUT2D eigenvalue weighted by molar-refractivity contribution is -0.126. The molecular formula is C22H23F2NO3. The van der Waals surface area contributed by atoms with Crippen molar-refractivity contribution in [3.05, 3.63) is 64.7 Å². The number of amides is 1. The van der Waals surface area contributed by atoms with Gasteiger partial charge in [0.1, 0.15) is 17.4 Å². The summed E-state index contributed by atoms with van der Waals surface area (Å²) in [5, 5.41) is 2.99. The van der Waals surface area contributed by atoms with Crippen molar-refractivity contribution in [2.45, 2.75) is 44.1 Å². The minimum atomic E-state index is -0.687. The predicted molar refractivity (Wildman–Crippen MR) is 99.9 cm³/mol. The Balaban J connectivity index is 1.48. The summed E-state index contributed by atoms with van der Waals surface area (Å²) < 4.78 is 38.3. The van der Waals surface area contributed by atoms with Crippen LogP contribution in [-0.2, 0) is 28.0 Å². The van der Waals surface area contributed by atoms with E-state index < -0.39 is 5.41 Å². The molecule has 2 aliphatic rings. The van der Waals surface area contributed by atoms with Crippen LogP contribution in [0.1, 0.15) is 42.4 Å². The van der Waals surface area contributed by atoms with E-state index in [-0.39, 0.29) is 24.3 Å². The Morgan fingerprint density at radius 1 is 1.11 bits per heavy atom. The molecule has 0 aromatic heterocycles. The van der Waals surface area contributed by atoms with Crippen molar-refractivity contribution >= 4 is 5.91 Å². The first-order valence-electron chi connectivity index (χ1n) is 9.65. The smallest absolute Gasteiger partial charge is 0.230 e. The summed E-state index contributed by atoms with van der Waals surface area (Å²) >= 11 is 0. The lowest BCUT2D eigenvalue weighted by Gasteiger charge is -2.28. The second-order valence-corrected chi connectivity index (χ2v) is 7.47. The molecule has 148 valence electrons. The average Bonchev–Trinajstić information content (AvgIpc) is 3.19. The predicted octanol–water partition coefficient (Wildman–Crippen LogP) is 4.00. The summed E-state index contributed by atoms with van der Waals surface area (Å²) in [6, 6.07) is 9.17. The first kappa shape index (κ1) is 18.9. The number of halogens is 2. The van der Waals surface area contributed by atoms with Crippen molar-refractivity contribution < 1.29 is 23.0 Å². The zero-order valence-electron chi connectivity index (χ0n) is 15.6. The largest absolute Gasteiger partial charge is 0.467 e. The van der Waals surface area contributed by atoms with E-state index in [1.165, 1.54) is 24.3 Å². The van der Waals surface area contributed by atoms with Gasteiger partial charge < -0.3 is 14.8 Å². The van der Waals surface area contributed by atoms with Gasteiger partial charge in [-0.05, 0) is 54.7 Å². The maximum absolute atomic E-state index is 13.9. The van der Waals surface area contributed by atoms with Crippen molar-refractivity contribution in [3.63, 3.8) is 0 Å². The minimum Gasteiger partial charge on any atom is -0.467 e. The molecule has 1 aliphatic carbocycles. The maximum atomic E-state index is 13.9. The molecule has 0 atom stereocenters. The molecule has 1 heterocycles. The van der Waals surface area contributed by atoms with Crippen LogP contribution in [0.4, 0.5) is 8.78 Å². The van der Waals surface area contributed by atoms with Gasteiger partial charge >= 0.3 is 0 Å². The number of carbonyl (C=O) groups is 1. The van der Waals surface area contributed by atoms with Gasteiger partial charge in [-0.1, -0.05) is 25.0 Å². The number of hydrogen-bond donors (Lipinski definition) is 1. The summed E-state index contributed by atoms with van der Waals surface area (Å²) in [5.74, 6) is -0.128. The second kappa shape index (κ2) is 7.87. The van der Waals surface area contributed by atoms with E-state index in [4.69, 9.17) is 9.47 Å². The summed E-state index contributed by atoms with van der Waals surface area (Å²) in [6.45, 7) is 0.811. The maximum Gasteiger partial charge on any atom is 0.230 e. The molecule has 1 N–H and O–H groups in total. The Morgan fingerprint density at radius 3 is 2.71 bits per heavy atom. The third kappa shape index (κ3) is 3.61. The SMILES string of the molecule is O=C(NCCc1cc(F)cc2c1OCOC2)C1(c2cccc(F)c2)CCCC1. The van der Waals surface area contributed by atoms with Gasteiger partial charge in [-0.3, -0.25) is 4.79 Å². The molecule has 2 aromatic rings. The molecular weight excluding hydrogens is 364 g/mol. The first-order valence-corrected chi connectivity index (χ1v) is 9.65. The van der Waals surface area contributed by atoms with Crippen LogP contribution < -0.4 is 10.1 Å². The fraction of sp³-hybridized carbons (Fsp3) is 0.409. The Bertz CT molecular complexity index is 878. The van der Waals surface area contributed by atoms with Gasteiger partial charge in [0.05, 0.1) is 12.0 Å². The van der Waals surface area contributed by atoms with Crippen molar-refractivity contribution in [2.75, 3.05) is 13.3 Å². The standard InChI is InChI=1S/C22H23F2NO3/c23-18-5-3-4-17(12-18)22(7-1-2-8-22)21(26)25-9-6-15-10-19(24)11-16-13-27-14-28-20(15)16/h3-5,10-12H,1-2,6-9,13-14H2,(H,25,26). The zero-order valence-corrected chi connectivity index (χ0v) is 15.6. The molecule has 2 aromatic carbocycles. The zero-order chi connectivity index (χ0) is 19.6. The summed E-state index contributed by atoms with van der Waals surface area (Å²) in [5.41, 5.74) is 1.43. The molecule has 1 amide bonds. The van der Waals surface area contributed by atoms with E-state index in [1.54, 1.807) is 6.07 Å². The molecule has 4 rings (SSSR count). The first-order chi connectivity index (χ1) is 13.6. The highest BCUT2D eigenvalue weighted by molar-refractivity contribution is 5.88. The van der Waals surface area contributed by atoms with Crippen molar-refractivity contribution in [3.8, 4) is 5.75 Å². The van der Waals surface area contributed by atoms with Crippen molar-refractivity contribution in [1.29, 1.82) is 0 Å². The number of benzene rings is 2. The number of nitrogens with one attached hydrogen (secondary N) is 1. The fourth-order valence-corrected chi connectivity index (χ4v) is 4.33.